The monoisotopic (exact) mass is 338 g/mol. The Labute approximate surface area is 152 Å². The lowest BCUT2D eigenvalue weighted by atomic mass is 10.0. The molecule has 134 valence electrons. The number of rotatable bonds is 0. The van der Waals surface area contributed by atoms with Crippen LogP contribution in [-0.2, 0) is 13.1 Å². The molecule has 25 heavy (non-hydrogen) atoms. The summed E-state index contributed by atoms with van der Waals surface area (Å²) in [5.74, 6) is 0. The highest BCUT2D eigenvalue weighted by Gasteiger charge is 2.12. The Hall–Kier alpha value is -2.62. The van der Waals surface area contributed by atoms with Crippen LogP contribution in [0.4, 0.5) is 5.69 Å². The van der Waals surface area contributed by atoms with Gasteiger partial charge in [-0.1, -0.05) is 82.0 Å². The van der Waals surface area contributed by atoms with E-state index in [2.05, 4.69) is 64.6 Å². The second-order valence-electron chi connectivity index (χ2n) is 5.13. The molecule has 3 rings (SSSR count). The summed E-state index contributed by atoms with van der Waals surface area (Å²) in [4.78, 5) is 2.24. The highest BCUT2D eigenvalue weighted by atomic mass is 15.4. The van der Waals surface area contributed by atoms with Gasteiger partial charge in [0.15, 0.2) is 0 Å². The first kappa shape index (κ1) is 20.4. The van der Waals surface area contributed by atoms with Gasteiger partial charge in [-0.05, 0) is 17.2 Å². The largest absolute Gasteiger partial charge is 0.370 e. The lowest BCUT2D eigenvalue weighted by molar-refractivity contribution is 0.808. The summed E-state index contributed by atoms with van der Waals surface area (Å²) in [6.07, 6.45) is 0. The Morgan fingerprint density at radius 2 is 1.52 bits per heavy atom. The third kappa shape index (κ3) is 5.45. The van der Waals surface area contributed by atoms with E-state index < -0.39 is 0 Å². The van der Waals surface area contributed by atoms with Crippen LogP contribution in [0.15, 0.2) is 65.4 Å². The average molecular weight is 338 g/mol. The molecule has 0 fully saturated rings. The fourth-order valence-electron chi connectivity index (χ4n) is 2.58. The number of anilines is 1. The topological polar surface area (TPSA) is 40.0 Å². The van der Waals surface area contributed by atoms with Gasteiger partial charge in [-0.15, -0.1) is 0 Å². The second-order valence-corrected chi connectivity index (χ2v) is 5.13. The van der Waals surface area contributed by atoms with E-state index in [1.54, 1.807) is 0 Å². The van der Waals surface area contributed by atoms with Crippen molar-refractivity contribution in [2.75, 3.05) is 11.9 Å². The van der Waals surface area contributed by atoms with Crippen LogP contribution in [0.25, 0.3) is 5.70 Å². The molecular weight excluding hydrogens is 308 g/mol. The van der Waals surface area contributed by atoms with Crippen LogP contribution in [-0.4, -0.2) is 7.05 Å². The zero-order valence-corrected chi connectivity index (χ0v) is 16.1. The van der Waals surface area contributed by atoms with Crippen LogP contribution < -0.4 is 10.3 Å². The molecule has 1 aliphatic heterocycles. The summed E-state index contributed by atoms with van der Waals surface area (Å²) in [5.41, 5.74) is 8.33. The van der Waals surface area contributed by atoms with Crippen molar-refractivity contribution >= 4 is 11.4 Å². The molecule has 0 aliphatic carbocycles. The van der Waals surface area contributed by atoms with E-state index in [-0.39, 0.29) is 0 Å². The normalized spacial score (nSPS) is 12.8. The Morgan fingerprint density at radius 3 is 2.24 bits per heavy atom. The predicted molar refractivity (Wildman–Crippen MR) is 108 cm³/mol. The fourth-order valence-corrected chi connectivity index (χ4v) is 2.58. The molecular formula is C21H30N4. The van der Waals surface area contributed by atoms with E-state index in [0.717, 1.165) is 23.4 Å². The Balaban J connectivity index is 0.000000730. The quantitative estimate of drug-likeness (QED) is 0.658. The zero-order chi connectivity index (χ0) is 18.7. The van der Waals surface area contributed by atoms with Crippen LogP contribution in [0.1, 0.15) is 44.4 Å². The molecule has 4 nitrogen and oxygen atoms in total. The van der Waals surface area contributed by atoms with Crippen molar-refractivity contribution < 1.29 is 0 Å². The first-order valence-corrected chi connectivity index (χ1v) is 8.94. The lowest BCUT2D eigenvalue weighted by Gasteiger charge is -2.23. The van der Waals surface area contributed by atoms with Crippen LogP contribution in [0.2, 0.25) is 0 Å². The van der Waals surface area contributed by atoms with Gasteiger partial charge in [0.05, 0.1) is 12.2 Å². The van der Waals surface area contributed by atoms with Crippen LogP contribution >= 0.6 is 0 Å². The molecule has 1 aliphatic rings. The molecule has 2 aromatic rings. The molecule has 0 saturated heterocycles. The summed E-state index contributed by atoms with van der Waals surface area (Å²) in [5, 5.41) is 8.23. The minimum absolute atomic E-state index is 0.553. The fraction of sp³-hybridized carbons (Fsp3) is 0.333. The summed E-state index contributed by atoms with van der Waals surface area (Å²) < 4.78 is 0. The number of nitrogens with one attached hydrogen (secondary N) is 1. The van der Waals surface area contributed by atoms with Crippen LogP contribution in [0.3, 0.4) is 0 Å². The molecule has 4 heteroatoms. The Kier molecular flexibility index (Phi) is 9.01. The minimum atomic E-state index is 0.553. The molecule has 1 N–H and O–H groups in total. The molecule has 0 spiro atoms. The number of hydrogen-bond donors (Lipinski definition) is 1. The lowest BCUT2D eigenvalue weighted by Crippen LogP contribution is -2.19. The van der Waals surface area contributed by atoms with E-state index in [1.807, 2.05) is 45.9 Å². The molecule has 0 unspecified atom stereocenters. The second kappa shape index (κ2) is 11.0. The number of fused-ring (bicyclic) bond motifs is 2. The highest BCUT2D eigenvalue weighted by Crippen LogP contribution is 2.25. The maximum Gasteiger partial charge on any atom is 0.0890 e. The number of benzene rings is 2. The van der Waals surface area contributed by atoms with E-state index in [4.69, 9.17) is 0 Å². The van der Waals surface area contributed by atoms with Crippen molar-refractivity contribution in [3.63, 3.8) is 0 Å². The molecule has 2 aromatic carbocycles. The summed E-state index contributed by atoms with van der Waals surface area (Å²) in [6.45, 7) is 13.4. The summed E-state index contributed by atoms with van der Waals surface area (Å²) in [6, 6.07) is 16.5. The first-order chi connectivity index (χ1) is 12.3. The van der Waals surface area contributed by atoms with Crippen molar-refractivity contribution in [2.45, 2.75) is 40.8 Å². The first-order valence-electron chi connectivity index (χ1n) is 8.94. The van der Waals surface area contributed by atoms with Gasteiger partial charge in [0.1, 0.15) is 0 Å². The molecule has 0 bridgehead atoms. The van der Waals surface area contributed by atoms with Gasteiger partial charge < -0.3 is 4.90 Å². The SMILES string of the molecule is C=C1NN=NCc2ccccc2N(C)Cc2ccccc21.CC.CC. The molecule has 0 saturated carbocycles. The Morgan fingerprint density at radius 1 is 0.920 bits per heavy atom. The summed E-state index contributed by atoms with van der Waals surface area (Å²) >= 11 is 0. The maximum atomic E-state index is 4.20. The smallest absolute Gasteiger partial charge is 0.0890 e. The molecule has 0 radical (unpaired) electrons. The number of para-hydroxylation sites is 1. The van der Waals surface area contributed by atoms with Gasteiger partial charge in [-0.25, -0.2) is 0 Å². The van der Waals surface area contributed by atoms with Gasteiger partial charge >= 0.3 is 0 Å². The van der Waals surface area contributed by atoms with Gasteiger partial charge in [0.2, 0.25) is 0 Å². The zero-order valence-electron chi connectivity index (χ0n) is 16.1. The highest BCUT2D eigenvalue weighted by molar-refractivity contribution is 5.65. The van der Waals surface area contributed by atoms with E-state index in [0.29, 0.717) is 6.54 Å². The Bertz CT molecular complexity index is 692. The van der Waals surface area contributed by atoms with Gasteiger partial charge in [-0.3, -0.25) is 5.43 Å². The molecule has 0 amide bonds. The van der Waals surface area contributed by atoms with Gasteiger partial charge in [-0.2, -0.15) is 5.11 Å². The van der Waals surface area contributed by atoms with Gasteiger partial charge in [0.25, 0.3) is 0 Å². The minimum Gasteiger partial charge on any atom is -0.370 e. The van der Waals surface area contributed by atoms with Crippen molar-refractivity contribution in [1.29, 1.82) is 0 Å². The molecule has 1 heterocycles. The van der Waals surface area contributed by atoms with E-state index >= 15 is 0 Å². The number of nitrogens with zero attached hydrogens (tertiary/aromatic N) is 3. The van der Waals surface area contributed by atoms with Crippen molar-refractivity contribution in [3.05, 3.63) is 71.8 Å². The number of hydrogen-bond acceptors (Lipinski definition) is 4. The standard InChI is InChI=1S/C17H18N4.2C2H6/c1-13-16-9-5-3-8-15(16)12-21(2)17-10-6-4-7-14(17)11-18-20-19-13;2*1-2/h3-10H,1,11-12H2,2H3,(H,18,19);2*1-2H3. The van der Waals surface area contributed by atoms with Crippen LogP contribution in [0.5, 0.6) is 0 Å². The predicted octanol–water partition coefficient (Wildman–Crippen LogP) is 5.82. The third-order valence-electron chi connectivity index (χ3n) is 3.65. The molecule has 0 atom stereocenters. The van der Waals surface area contributed by atoms with Gasteiger partial charge in [0, 0.05) is 24.8 Å². The van der Waals surface area contributed by atoms with Crippen LogP contribution in [0, 0.1) is 0 Å². The molecule has 0 aromatic heterocycles. The van der Waals surface area contributed by atoms with Crippen molar-refractivity contribution in [1.82, 2.24) is 5.43 Å². The van der Waals surface area contributed by atoms with E-state index in [1.165, 1.54) is 11.3 Å². The maximum absolute atomic E-state index is 4.20. The van der Waals surface area contributed by atoms with Crippen molar-refractivity contribution in [3.8, 4) is 0 Å². The third-order valence-corrected chi connectivity index (χ3v) is 3.65. The van der Waals surface area contributed by atoms with Crippen molar-refractivity contribution in [2.24, 2.45) is 10.3 Å². The average Bonchev–Trinajstić information content (AvgIpc) is 2.70. The van der Waals surface area contributed by atoms with E-state index in [9.17, 15) is 0 Å². The summed E-state index contributed by atoms with van der Waals surface area (Å²) in [7, 11) is 2.10.